The lowest BCUT2D eigenvalue weighted by Crippen LogP contribution is -2.38. The summed E-state index contributed by atoms with van der Waals surface area (Å²) in [5.74, 6) is -0.448. The van der Waals surface area contributed by atoms with E-state index in [2.05, 4.69) is 0 Å². The average Bonchev–Trinajstić information content (AvgIpc) is 2.12. The van der Waals surface area contributed by atoms with Crippen molar-refractivity contribution in [2.45, 2.75) is 19.4 Å². The number of hydrogen-bond acceptors (Lipinski definition) is 2. The number of rotatable bonds is 2. The molecule has 4 heteroatoms. The van der Waals surface area contributed by atoms with E-state index in [0.717, 1.165) is 0 Å². The maximum Gasteiger partial charge on any atom is 0.132 e. The number of halogens is 2. The lowest BCUT2D eigenvalue weighted by Gasteiger charge is -2.24. The molecule has 0 heterocycles. The van der Waals surface area contributed by atoms with Crippen LogP contribution in [0, 0.1) is 12.7 Å². The molecule has 1 atom stereocenters. The van der Waals surface area contributed by atoms with Crippen LogP contribution in [-0.4, -0.2) is 11.7 Å². The molecular weight excluding hydrogens is 205 g/mol. The monoisotopic (exact) mass is 217 g/mol. The van der Waals surface area contributed by atoms with E-state index in [-0.39, 0.29) is 17.2 Å². The van der Waals surface area contributed by atoms with E-state index in [0.29, 0.717) is 5.56 Å². The van der Waals surface area contributed by atoms with Crippen LogP contribution in [0.3, 0.4) is 0 Å². The van der Waals surface area contributed by atoms with Gasteiger partial charge in [-0.2, -0.15) is 0 Å². The van der Waals surface area contributed by atoms with Crippen molar-refractivity contribution in [1.29, 1.82) is 0 Å². The lowest BCUT2D eigenvalue weighted by molar-refractivity contribution is 0.206. The molecule has 1 aromatic carbocycles. The Morgan fingerprint density at radius 2 is 2.14 bits per heavy atom. The predicted molar refractivity (Wildman–Crippen MR) is 54.8 cm³/mol. The number of hydrogen-bond donors (Lipinski definition) is 2. The Kier molecular flexibility index (Phi) is 3.14. The first-order valence-electron chi connectivity index (χ1n) is 4.25. The fourth-order valence-corrected chi connectivity index (χ4v) is 1.62. The number of nitrogens with two attached hydrogens (primary N) is 1. The van der Waals surface area contributed by atoms with E-state index in [1.807, 2.05) is 0 Å². The third-order valence-electron chi connectivity index (χ3n) is 2.18. The van der Waals surface area contributed by atoms with Gasteiger partial charge in [-0.15, -0.1) is 0 Å². The lowest BCUT2D eigenvalue weighted by atomic mass is 9.92. The first-order valence-corrected chi connectivity index (χ1v) is 4.63. The molecule has 0 aliphatic carbocycles. The van der Waals surface area contributed by atoms with Crippen molar-refractivity contribution in [3.05, 3.63) is 34.1 Å². The van der Waals surface area contributed by atoms with Crippen molar-refractivity contribution in [2.24, 2.45) is 5.73 Å². The molecule has 2 nitrogen and oxygen atoms in total. The van der Waals surface area contributed by atoms with Gasteiger partial charge in [-0.25, -0.2) is 4.39 Å². The van der Waals surface area contributed by atoms with E-state index >= 15 is 0 Å². The molecule has 0 aromatic heterocycles. The molecule has 14 heavy (non-hydrogen) atoms. The average molecular weight is 218 g/mol. The van der Waals surface area contributed by atoms with Gasteiger partial charge in [-0.05, 0) is 25.5 Å². The van der Waals surface area contributed by atoms with E-state index in [9.17, 15) is 4.39 Å². The minimum absolute atomic E-state index is 0.168. The summed E-state index contributed by atoms with van der Waals surface area (Å²) in [5, 5.41) is 9.28. The van der Waals surface area contributed by atoms with E-state index in [4.69, 9.17) is 22.4 Å². The minimum atomic E-state index is -1.15. The highest BCUT2D eigenvalue weighted by molar-refractivity contribution is 6.31. The zero-order chi connectivity index (χ0) is 10.9. The van der Waals surface area contributed by atoms with Crippen molar-refractivity contribution in [1.82, 2.24) is 0 Å². The van der Waals surface area contributed by atoms with E-state index < -0.39 is 11.4 Å². The van der Waals surface area contributed by atoms with Gasteiger partial charge in [0.15, 0.2) is 0 Å². The van der Waals surface area contributed by atoms with Crippen molar-refractivity contribution in [3.63, 3.8) is 0 Å². The molecule has 1 aromatic rings. The molecule has 0 aliphatic heterocycles. The van der Waals surface area contributed by atoms with Gasteiger partial charge < -0.3 is 10.8 Å². The summed E-state index contributed by atoms with van der Waals surface area (Å²) in [6, 6.07) is 3.16. The fourth-order valence-electron chi connectivity index (χ4n) is 1.26. The molecule has 1 rings (SSSR count). The largest absolute Gasteiger partial charge is 0.394 e. The number of aliphatic hydroxyl groups excluding tert-OH is 1. The van der Waals surface area contributed by atoms with E-state index in [1.165, 1.54) is 6.92 Å². The molecule has 0 spiro atoms. The smallest absolute Gasteiger partial charge is 0.132 e. The van der Waals surface area contributed by atoms with Crippen molar-refractivity contribution < 1.29 is 9.50 Å². The first-order chi connectivity index (χ1) is 6.40. The standard InChI is InChI=1S/C10H13ClFNO/c1-6-3-4-7(11)8(9(6)12)10(2,13)5-14/h3-4,14H,5,13H2,1-2H3. The summed E-state index contributed by atoms with van der Waals surface area (Å²) in [5.41, 5.74) is 5.22. The molecule has 1 unspecified atom stereocenters. The summed E-state index contributed by atoms with van der Waals surface area (Å²) in [6.45, 7) is 2.81. The van der Waals surface area contributed by atoms with Crippen LogP contribution in [0.2, 0.25) is 5.02 Å². The second kappa shape index (κ2) is 3.85. The van der Waals surface area contributed by atoms with Crippen molar-refractivity contribution in [3.8, 4) is 0 Å². The predicted octanol–water partition coefficient (Wildman–Crippen LogP) is 1.95. The van der Waals surface area contributed by atoms with E-state index in [1.54, 1.807) is 19.1 Å². The maximum absolute atomic E-state index is 13.7. The Morgan fingerprint density at radius 1 is 1.57 bits per heavy atom. The Bertz CT molecular complexity index is 352. The van der Waals surface area contributed by atoms with Crippen LogP contribution in [0.15, 0.2) is 12.1 Å². The quantitative estimate of drug-likeness (QED) is 0.796. The first kappa shape index (κ1) is 11.4. The molecule has 0 saturated carbocycles. The number of benzene rings is 1. The molecule has 0 saturated heterocycles. The molecule has 78 valence electrons. The summed E-state index contributed by atoms with van der Waals surface area (Å²) in [7, 11) is 0. The van der Waals surface area contributed by atoms with Crippen LogP contribution in [0.4, 0.5) is 4.39 Å². The summed E-state index contributed by atoms with van der Waals surface area (Å²) in [6.07, 6.45) is 0. The highest BCUT2D eigenvalue weighted by Gasteiger charge is 2.27. The van der Waals surface area contributed by atoms with Gasteiger partial charge in [0.1, 0.15) is 5.82 Å². The topological polar surface area (TPSA) is 46.2 Å². The molecule has 0 aliphatic rings. The third-order valence-corrected chi connectivity index (χ3v) is 2.50. The maximum atomic E-state index is 13.7. The van der Waals surface area contributed by atoms with Crippen molar-refractivity contribution >= 4 is 11.6 Å². The number of aliphatic hydroxyl groups is 1. The van der Waals surface area contributed by atoms with Crippen molar-refractivity contribution in [2.75, 3.05) is 6.61 Å². The van der Waals surface area contributed by atoms with Crippen LogP contribution in [0.25, 0.3) is 0 Å². The Hall–Kier alpha value is -0.640. The highest BCUT2D eigenvalue weighted by atomic mass is 35.5. The fraction of sp³-hybridized carbons (Fsp3) is 0.400. The SMILES string of the molecule is Cc1ccc(Cl)c(C(C)(N)CO)c1F. The molecule has 0 bridgehead atoms. The number of aryl methyl sites for hydroxylation is 1. The Balaban J connectivity index is 3.40. The molecule has 0 amide bonds. The van der Waals surface area contributed by atoms with Gasteiger partial charge in [-0.1, -0.05) is 17.7 Å². The van der Waals surface area contributed by atoms with Gasteiger partial charge >= 0.3 is 0 Å². The molecular formula is C10H13ClFNO. The Morgan fingerprint density at radius 3 is 2.64 bits per heavy atom. The zero-order valence-electron chi connectivity index (χ0n) is 8.14. The second-order valence-corrected chi connectivity index (χ2v) is 4.04. The molecule has 0 fully saturated rings. The van der Waals surface area contributed by atoms with Crippen LogP contribution >= 0.6 is 11.6 Å². The second-order valence-electron chi connectivity index (χ2n) is 3.63. The van der Waals surface area contributed by atoms with Crippen LogP contribution in [-0.2, 0) is 5.54 Å². The van der Waals surface area contributed by atoms with Gasteiger partial charge in [0.25, 0.3) is 0 Å². The van der Waals surface area contributed by atoms with Gasteiger partial charge in [0, 0.05) is 10.6 Å². The van der Waals surface area contributed by atoms with Crippen LogP contribution in [0.1, 0.15) is 18.1 Å². The van der Waals surface area contributed by atoms with Gasteiger partial charge in [-0.3, -0.25) is 0 Å². The highest BCUT2D eigenvalue weighted by Crippen LogP contribution is 2.30. The zero-order valence-corrected chi connectivity index (χ0v) is 8.90. The van der Waals surface area contributed by atoms with Crippen LogP contribution in [0.5, 0.6) is 0 Å². The molecule has 0 radical (unpaired) electrons. The Labute approximate surface area is 87.5 Å². The normalized spacial score (nSPS) is 15.3. The molecule has 3 N–H and O–H groups in total. The summed E-state index contributed by atoms with van der Waals surface area (Å²) < 4.78 is 13.7. The summed E-state index contributed by atoms with van der Waals surface area (Å²) in [4.78, 5) is 0. The third kappa shape index (κ3) is 1.90. The summed E-state index contributed by atoms with van der Waals surface area (Å²) >= 11 is 5.83. The van der Waals surface area contributed by atoms with Crippen LogP contribution < -0.4 is 5.73 Å². The minimum Gasteiger partial charge on any atom is -0.394 e. The van der Waals surface area contributed by atoms with Gasteiger partial charge in [0.2, 0.25) is 0 Å². The van der Waals surface area contributed by atoms with Gasteiger partial charge in [0.05, 0.1) is 12.1 Å².